The summed E-state index contributed by atoms with van der Waals surface area (Å²) in [6, 6.07) is 17.0. The van der Waals surface area contributed by atoms with Crippen LogP contribution in [0.15, 0.2) is 77.7 Å². The van der Waals surface area contributed by atoms with E-state index in [1.807, 2.05) is 13.0 Å². The Bertz CT molecular complexity index is 1300. The van der Waals surface area contributed by atoms with Crippen molar-refractivity contribution < 1.29 is 13.9 Å². The van der Waals surface area contributed by atoms with Crippen LogP contribution in [-0.4, -0.2) is 15.4 Å². The quantitative estimate of drug-likeness (QED) is 0.504. The van der Waals surface area contributed by atoms with Crippen molar-refractivity contribution in [2.24, 2.45) is 0 Å². The number of urea groups is 1. The molecule has 2 aromatic carbocycles. The number of rotatable bonds is 5. The first kappa shape index (κ1) is 20.1. The average molecular weight is 418 g/mol. The van der Waals surface area contributed by atoms with Crippen molar-refractivity contribution in [1.82, 2.24) is 9.38 Å². The van der Waals surface area contributed by atoms with Crippen molar-refractivity contribution in [3.8, 4) is 5.75 Å². The highest BCUT2D eigenvalue weighted by atomic mass is 19.1. The smallest absolute Gasteiger partial charge is 0.323 e. The Morgan fingerprint density at radius 2 is 1.81 bits per heavy atom. The van der Waals surface area contributed by atoms with Crippen LogP contribution in [0.5, 0.6) is 5.75 Å². The number of carbonyl (C=O) groups excluding carboxylic acids is 1. The molecule has 7 nitrogen and oxygen atoms in total. The van der Waals surface area contributed by atoms with Gasteiger partial charge in [0, 0.05) is 23.6 Å². The van der Waals surface area contributed by atoms with E-state index in [1.54, 1.807) is 42.6 Å². The summed E-state index contributed by atoms with van der Waals surface area (Å²) < 4.78 is 20.4. The maximum Gasteiger partial charge on any atom is 0.323 e. The van der Waals surface area contributed by atoms with E-state index in [0.29, 0.717) is 28.5 Å². The number of hydrogen-bond donors (Lipinski definition) is 2. The number of hydrogen-bond acceptors (Lipinski definition) is 4. The SMILES string of the molecule is Cc1cccn2c(=O)cc(COc3ccc(NC(=O)Nc4cccc(F)c4)cc3)nc12. The van der Waals surface area contributed by atoms with Crippen LogP contribution in [0.3, 0.4) is 0 Å². The Hall–Kier alpha value is -4.20. The first-order valence-electron chi connectivity index (χ1n) is 9.52. The van der Waals surface area contributed by atoms with E-state index in [1.165, 1.54) is 28.7 Å². The van der Waals surface area contributed by atoms with Crippen molar-refractivity contribution in [2.75, 3.05) is 10.6 Å². The summed E-state index contributed by atoms with van der Waals surface area (Å²) >= 11 is 0. The van der Waals surface area contributed by atoms with E-state index in [9.17, 15) is 14.0 Å². The van der Waals surface area contributed by atoms with E-state index < -0.39 is 11.8 Å². The van der Waals surface area contributed by atoms with E-state index >= 15 is 0 Å². The molecule has 0 fully saturated rings. The number of carbonyl (C=O) groups is 1. The molecule has 156 valence electrons. The number of aryl methyl sites for hydroxylation is 1. The van der Waals surface area contributed by atoms with E-state index in [-0.39, 0.29) is 12.2 Å². The largest absolute Gasteiger partial charge is 0.487 e. The number of benzene rings is 2. The Kier molecular flexibility index (Phi) is 5.61. The molecule has 4 aromatic rings. The van der Waals surface area contributed by atoms with Crippen LogP contribution >= 0.6 is 0 Å². The van der Waals surface area contributed by atoms with Crippen LogP contribution in [0.4, 0.5) is 20.6 Å². The van der Waals surface area contributed by atoms with E-state index in [4.69, 9.17) is 4.74 Å². The van der Waals surface area contributed by atoms with Gasteiger partial charge in [-0.3, -0.25) is 9.20 Å². The minimum Gasteiger partial charge on any atom is -0.487 e. The Morgan fingerprint density at radius 3 is 2.58 bits per heavy atom. The van der Waals surface area contributed by atoms with Gasteiger partial charge in [0.25, 0.3) is 5.56 Å². The maximum atomic E-state index is 13.2. The van der Waals surface area contributed by atoms with Crippen LogP contribution in [-0.2, 0) is 6.61 Å². The van der Waals surface area contributed by atoms with Crippen molar-refractivity contribution in [3.05, 3.63) is 100 Å². The molecule has 2 amide bonds. The molecular weight excluding hydrogens is 399 g/mol. The summed E-state index contributed by atoms with van der Waals surface area (Å²) in [6.07, 6.45) is 1.68. The van der Waals surface area contributed by atoms with Gasteiger partial charge in [-0.1, -0.05) is 12.1 Å². The molecule has 0 spiro atoms. The van der Waals surface area contributed by atoms with Gasteiger partial charge in [-0.15, -0.1) is 0 Å². The lowest BCUT2D eigenvalue weighted by molar-refractivity contribution is 0.262. The molecule has 2 N–H and O–H groups in total. The highest BCUT2D eigenvalue weighted by Gasteiger charge is 2.07. The molecule has 4 rings (SSSR count). The Balaban J connectivity index is 1.38. The maximum absolute atomic E-state index is 13.2. The zero-order valence-corrected chi connectivity index (χ0v) is 16.6. The van der Waals surface area contributed by atoms with Crippen molar-refractivity contribution in [2.45, 2.75) is 13.5 Å². The minimum absolute atomic E-state index is 0.132. The summed E-state index contributed by atoms with van der Waals surface area (Å²) in [5, 5.41) is 5.22. The highest BCUT2D eigenvalue weighted by molar-refractivity contribution is 5.99. The van der Waals surface area contributed by atoms with Gasteiger partial charge >= 0.3 is 6.03 Å². The van der Waals surface area contributed by atoms with Crippen molar-refractivity contribution in [3.63, 3.8) is 0 Å². The molecule has 0 atom stereocenters. The van der Waals surface area contributed by atoms with Gasteiger partial charge in [-0.05, 0) is 61.0 Å². The van der Waals surface area contributed by atoms with Gasteiger partial charge in [0.2, 0.25) is 0 Å². The van der Waals surface area contributed by atoms with Crippen LogP contribution in [0.2, 0.25) is 0 Å². The van der Waals surface area contributed by atoms with Gasteiger partial charge in [-0.25, -0.2) is 14.2 Å². The fourth-order valence-electron chi connectivity index (χ4n) is 3.03. The Morgan fingerprint density at radius 1 is 1.03 bits per heavy atom. The molecule has 2 heterocycles. The molecule has 0 radical (unpaired) electrons. The number of halogens is 1. The predicted molar refractivity (Wildman–Crippen MR) is 116 cm³/mol. The summed E-state index contributed by atoms with van der Waals surface area (Å²) in [5.74, 6) is 0.126. The van der Waals surface area contributed by atoms with Crippen LogP contribution in [0.1, 0.15) is 11.3 Å². The zero-order valence-electron chi connectivity index (χ0n) is 16.6. The van der Waals surface area contributed by atoms with E-state index in [2.05, 4.69) is 15.6 Å². The number of aromatic nitrogens is 2. The molecule has 0 bridgehead atoms. The standard InChI is InChI=1S/C23H19FN4O3/c1-15-4-3-11-28-21(29)13-19(25-22(15)28)14-31-20-9-7-17(8-10-20)26-23(30)27-18-6-2-5-16(24)12-18/h2-13H,14H2,1H3,(H2,26,27,30). The topological polar surface area (TPSA) is 84.7 Å². The minimum atomic E-state index is -0.490. The normalized spacial score (nSPS) is 10.6. The number of nitrogens with one attached hydrogen (secondary N) is 2. The second kappa shape index (κ2) is 8.66. The second-order valence-corrected chi connectivity index (χ2v) is 6.87. The molecule has 0 saturated carbocycles. The fraction of sp³-hybridized carbons (Fsp3) is 0.0870. The van der Waals surface area contributed by atoms with Crippen molar-refractivity contribution >= 4 is 23.1 Å². The number of amides is 2. The summed E-state index contributed by atoms with van der Waals surface area (Å²) in [7, 11) is 0. The molecule has 2 aromatic heterocycles. The number of pyridine rings is 1. The predicted octanol–water partition coefficient (Wildman–Crippen LogP) is 4.37. The highest BCUT2D eigenvalue weighted by Crippen LogP contribution is 2.18. The van der Waals surface area contributed by atoms with Crippen LogP contribution < -0.4 is 20.9 Å². The van der Waals surface area contributed by atoms with E-state index in [0.717, 1.165) is 5.56 Å². The van der Waals surface area contributed by atoms with Crippen LogP contribution in [0, 0.1) is 12.7 Å². The van der Waals surface area contributed by atoms with Crippen LogP contribution in [0.25, 0.3) is 5.65 Å². The molecule has 0 saturated heterocycles. The Labute approximate surface area is 177 Å². The summed E-state index contributed by atoms with van der Waals surface area (Å²) in [6.45, 7) is 2.02. The first-order chi connectivity index (χ1) is 15.0. The number of anilines is 2. The molecule has 31 heavy (non-hydrogen) atoms. The lowest BCUT2D eigenvalue weighted by Gasteiger charge is -2.10. The molecule has 0 aliphatic heterocycles. The second-order valence-electron chi connectivity index (χ2n) is 6.87. The summed E-state index contributed by atoms with van der Waals surface area (Å²) in [4.78, 5) is 28.8. The molecule has 0 aliphatic rings. The van der Waals surface area contributed by atoms with Gasteiger partial charge in [0.1, 0.15) is 23.8 Å². The fourth-order valence-corrected chi connectivity index (χ4v) is 3.03. The third-order valence-corrected chi connectivity index (χ3v) is 4.52. The third-order valence-electron chi connectivity index (χ3n) is 4.52. The van der Waals surface area contributed by atoms with Gasteiger partial charge in [-0.2, -0.15) is 0 Å². The monoisotopic (exact) mass is 418 g/mol. The molecular formula is C23H19FN4O3. The average Bonchev–Trinajstić information content (AvgIpc) is 2.74. The molecule has 0 aliphatic carbocycles. The summed E-state index contributed by atoms with van der Waals surface area (Å²) in [5.41, 5.74) is 2.74. The lowest BCUT2D eigenvalue weighted by Crippen LogP contribution is -2.19. The van der Waals surface area contributed by atoms with Gasteiger partial charge in [0.05, 0.1) is 5.69 Å². The van der Waals surface area contributed by atoms with Gasteiger partial charge < -0.3 is 15.4 Å². The van der Waals surface area contributed by atoms with Crippen molar-refractivity contribution in [1.29, 1.82) is 0 Å². The number of ether oxygens (including phenoxy) is 1. The zero-order chi connectivity index (χ0) is 21.8. The number of fused-ring (bicyclic) bond motifs is 1. The number of nitrogens with zero attached hydrogens (tertiary/aromatic N) is 2. The third kappa shape index (κ3) is 4.87. The lowest BCUT2D eigenvalue weighted by atomic mass is 10.3. The first-order valence-corrected chi connectivity index (χ1v) is 9.52. The molecule has 0 unspecified atom stereocenters. The molecule has 8 heteroatoms. The van der Waals surface area contributed by atoms with Gasteiger partial charge in [0.15, 0.2) is 0 Å².